The van der Waals surface area contributed by atoms with Crippen LogP contribution in [-0.2, 0) is 0 Å². The van der Waals surface area contributed by atoms with Gasteiger partial charge in [-0.15, -0.1) is 0 Å². The summed E-state index contributed by atoms with van der Waals surface area (Å²) >= 11 is 1.26. The van der Waals surface area contributed by atoms with Gasteiger partial charge < -0.3 is 5.73 Å². The third-order valence-corrected chi connectivity index (χ3v) is 2.98. The van der Waals surface area contributed by atoms with Crippen molar-refractivity contribution in [1.29, 1.82) is 0 Å². The lowest BCUT2D eigenvalue weighted by Crippen LogP contribution is -2.15. The molecule has 11 heavy (non-hydrogen) atoms. The standard InChI is InChI=1S/C8H16N2S/c1-6(11-10)8(9)5-7-3-2-4-7/h7H,2-5,9-10H2,1H3/b8-6-. The minimum Gasteiger partial charge on any atom is -0.401 e. The summed E-state index contributed by atoms with van der Waals surface area (Å²) in [6.07, 6.45) is 5.13. The van der Waals surface area contributed by atoms with Crippen LogP contribution in [0.3, 0.4) is 0 Å². The van der Waals surface area contributed by atoms with Gasteiger partial charge in [-0.05, 0) is 19.3 Å². The molecule has 0 atom stereocenters. The van der Waals surface area contributed by atoms with Crippen LogP contribution in [0.2, 0.25) is 0 Å². The number of hydrogen-bond acceptors (Lipinski definition) is 3. The zero-order chi connectivity index (χ0) is 8.27. The molecule has 0 aromatic rings. The Kier molecular flexibility index (Phi) is 3.27. The minimum atomic E-state index is 0.845. The summed E-state index contributed by atoms with van der Waals surface area (Å²) in [7, 11) is 0. The fourth-order valence-electron chi connectivity index (χ4n) is 1.23. The summed E-state index contributed by atoms with van der Waals surface area (Å²) in [6, 6.07) is 0. The van der Waals surface area contributed by atoms with E-state index in [-0.39, 0.29) is 0 Å². The maximum atomic E-state index is 5.82. The first-order valence-electron chi connectivity index (χ1n) is 4.06. The highest BCUT2D eigenvalue weighted by molar-refractivity contribution is 8.00. The first-order valence-corrected chi connectivity index (χ1v) is 4.94. The molecule has 1 fully saturated rings. The minimum absolute atomic E-state index is 0.845. The average molecular weight is 172 g/mol. The summed E-state index contributed by atoms with van der Waals surface area (Å²) in [5, 5.41) is 5.39. The summed E-state index contributed by atoms with van der Waals surface area (Å²) in [4.78, 5) is 1.08. The molecule has 0 saturated heterocycles. The van der Waals surface area contributed by atoms with E-state index < -0.39 is 0 Å². The maximum absolute atomic E-state index is 5.82. The Bertz CT molecular complexity index is 161. The molecule has 0 aromatic carbocycles. The number of nitrogens with two attached hydrogens (primary N) is 2. The quantitative estimate of drug-likeness (QED) is 0.640. The van der Waals surface area contributed by atoms with Gasteiger partial charge in [0.25, 0.3) is 0 Å². The van der Waals surface area contributed by atoms with E-state index in [0.29, 0.717) is 0 Å². The van der Waals surface area contributed by atoms with E-state index in [9.17, 15) is 0 Å². The molecule has 2 nitrogen and oxygen atoms in total. The van der Waals surface area contributed by atoms with Gasteiger partial charge in [0.2, 0.25) is 0 Å². The van der Waals surface area contributed by atoms with E-state index in [0.717, 1.165) is 22.9 Å². The highest BCUT2D eigenvalue weighted by atomic mass is 32.2. The highest BCUT2D eigenvalue weighted by Crippen LogP contribution is 2.32. The van der Waals surface area contributed by atoms with Crippen LogP contribution in [0, 0.1) is 5.92 Å². The largest absolute Gasteiger partial charge is 0.401 e. The Morgan fingerprint density at radius 3 is 2.55 bits per heavy atom. The predicted octanol–water partition coefficient (Wildman–Crippen LogP) is 1.97. The fourth-order valence-corrected chi connectivity index (χ4v) is 1.46. The molecule has 0 unspecified atom stereocenters. The first kappa shape index (κ1) is 8.94. The molecule has 3 heteroatoms. The molecular formula is C8H16N2S. The molecule has 0 radical (unpaired) electrons. The molecule has 4 N–H and O–H groups in total. The van der Waals surface area contributed by atoms with Crippen molar-refractivity contribution in [2.75, 3.05) is 0 Å². The van der Waals surface area contributed by atoms with Crippen LogP contribution in [0.4, 0.5) is 0 Å². The Morgan fingerprint density at radius 2 is 2.18 bits per heavy atom. The monoisotopic (exact) mass is 172 g/mol. The molecule has 0 aliphatic heterocycles. The molecule has 1 saturated carbocycles. The van der Waals surface area contributed by atoms with Crippen molar-refractivity contribution in [2.45, 2.75) is 32.6 Å². The van der Waals surface area contributed by atoms with Gasteiger partial charge in [-0.25, -0.2) is 0 Å². The number of rotatable bonds is 3. The van der Waals surface area contributed by atoms with Crippen LogP contribution in [0.25, 0.3) is 0 Å². The Labute approximate surface area is 72.5 Å². The van der Waals surface area contributed by atoms with Crippen molar-refractivity contribution >= 4 is 11.9 Å². The van der Waals surface area contributed by atoms with Gasteiger partial charge >= 0.3 is 0 Å². The normalized spacial score (nSPS) is 20.9. The van der Waals surface area contributed by atoms with Gasteiger partial charge in [-0.1, -0.05) is 31.2 Å². The molecule has 0 amide bonds. The lowest BCUT2D eigenvalue weighted by Gasteiger charge is -2.25. The van der Waals surface area contributed by atoms with Crippen LogP contribution in [0.5, 0.6) is 0 Å². The molecule has 64 valence electrons. The summed E-state index contributed by atoms with van der Waals surface area (Å²) in [6.45, 7) is 1.98. The highest BCUT2D eigenvalue weighted by Gasteiger charge is 2.18. The van der Waals surface area contributed by atoms with Crippen molar-refractivity contribution < 1.29 is 0 Å². The van der Waals surface area contributed by atoms with Crippen molar-refractivity contribution in [2.24, 2.45) is 16.8 Å². The second-order valence-electron chi connectivity index (χ2n) is 3.20. The zero-order valence-electron chi connectivity index (χ0n) is 6.97. The van der Waals surface area contributed by atoms with Crippen molar-refractivity contribution in [3.8, 4) is 0 Å². The SMILES string of the molecule is C/C(SN)=C(/N)CC1CCC1. The van der Waals surface area contributed by atoms with E-state index >= 15 is 0 Å². The Morgan fingerprint density at radius 1 is 1.55 bits per heavy atom. The summed E-state index contributed by atoms with van der Waals surface area (Å²) in [5.41, 5.74) is 6.81. The van der Waals surface area contributed by atoms with Gasteiger partial charge in [0, 0.05) is 10.6 Å². The fraction of sp³-hybridized carbons (Fsp3) is 0.750. The van der Waals surface area contributed by atoms with Crippen LogP contribution in [0.15, 0.2) is 10.6 Å². The van der Waals surface area contributed by atoms with Gasteiger partial charge in [0.1, 0.15) is 0 Å². The van der Waals surface area contributed by atoms with E-state index in [1.165, 1.54) is 31.2 Å². The number of hydrogen-bond donors (Lipinski definition) is 2. The lowest BCUT2D eigenvalue weighted by molar-refractivity contribution is 0.312. The van der Waals surface area contributed by atoms with Crippen molar-refractivity contribution in [3.05, 3.63) is 10.6 Å². The van der Waals surface area contributed by atoms with E-state index in [4.69, 9.17) is 10.9 Å². The molecule has 1 aliphatic rings. The second kappa shape index (κ2) is 4.02. The molecule has 1 aliphatic carbocycles. The van der Waals surface area contributed by atoms with Crippen molar-refractivity contribution in [3.63, 3.8) is 0 Å². The molecule has 0 spiro atoms. The molecule has 0 bridgehead atoms. The van der Waals surface area contributed by atoms with Gasteiger partial charge in [-0.2, -0.15) is 0 Å². The van der Waals surface area contributed by atoms with Crippen LogP contribution < -0.4 is 10.9 Å². The Hall–Kier alpha value is -0.150. The number of allylic oxidation sites excluding steroid dienone is 2. The molecule has 0 aromatic heterocycles. The van der Waals surface area contributed by atoms with Crippen LogP contribution >= 0.6 is 11.9 Å². The van der Waals surface area contributed by atoms with Crippen LogP contribution in [0.1, 0.15) is 32.6 Å². The van der Waals surface area contributed by atoms with Crippen molar-refractivity contribution in [1.82, 2.24) is 0 Å². The Balaban J connectivity index is 2.34. The molecule has 0 heterocycles. The third-order valence-electron chi connectivity index (χ3n) is 2.36. The summed E-state index contributed by atoms with van der Waals surface area (Å²) in [5.74, 6) is 0.845. The smallest absolute Gasteiger partial charge is 0.0190 e. The van der Waals surface area contributed by atoms with Gasteiger partial charge in [0.15, 0.2) is 0 Å². The molecular weight excluding hydrogens is 156 g/mol. The zero-order valence-corrected chi connectivity index (χ0v) is 7.79. The second-order valence-corrected chi connectivity index (χ2v) is 4.05. The first-order chi connectivity index (χ1) is 5.24. The maximum Gasteiger partial charge on any atom is 0.0190 e. The van der Waals surface area contributed by atoms with E-state index in [1.54, 1.807) is 0 Å². The third kappa shape index (κ3) is 2.42. The average Bonchev–Trinajstić information content (AvgIpc) is 1.94. The van der Waals surface area contributed by atoms with Crippen LogP contribution in [-0.4, -0.2) is 0 Å². The topological polar surface area (TPSA) is 52.0 Å². The van der Waals surface area contributed by atoms with E-state index in [2.05, 4.69) is 0 Å². The van der Waals surface area contributed by atoms with E-state index in [1.807, 2.05) is 6.92 Å². The molecule has 1 rings (SSSR count). The predicted molar refractivity (Wildman–Crippen MR) is 50.6 cm³/mol. The van der Waals surface area contributed by atoms with Gasteiger partial charge in [-0.3, -0.25) is 5.14 Å². The van der Waals surface area contributed by atoms with Gasteiger partial charge in [0.05, 0.1) is 0 Å². The summed E-state index contributed by atoms with van der Waals surface area (Å²) < 4.78 is 0. The lowest BCUT2D eigenvalue weighted by atomic mass is 9.82.